The number of fused-ring (bicyclic) bond motifs is 2. The fraction of sp³-hybridized carbons (Fsp3) is 0.351. The number of benzene rings is 4. The molecular weight excluding hydrogens is 648 g/mol. The molecule has 0 spiro atoms. The quantitative estimate of drug-likeness (QED) is 0.191. The molecule has 0 unspecified atom stereocenters. The Labute approximate surface area is 279 Å². The van der Waals surface area contributed by atoms with E-state index in [1.807, 2.05) is 36.4 Å². The maximum absolute atomic E-state index is 10.7. The molecule has 2 aliphatic heterocycles. The minimum Gasteiger partial charge on any atom is -0.504 e. The fourth-order valence-electron chi connectivity index (χ4n) is 6.82. The Hall–Kier alpha value is -3.92. The van der Waals surface area contributed by atoms with Gasteiger partial charge in [-0.2, -0.15) is 0 Å². The first-order valence-electron chi connectivity index (χ1n) is 15.5. The van der Waals surface area contributed by atoms with E-state index in [1.165, 1.54) is 16.7 Å². The Morgan fingerprint density at radius 3 is 2.02 bits per heavy atom. The van der Waals surface area contributed by atoms with Crippen molar-refractivity contribution in [1.29, 1.82) is 0 Å². The van der Waals surface area contributed by atoms with Crippen LogP contribution >= 0.6 is 15.9 Å². The summed E-state index contributed by atoms with van der Waals surface area (Å²) in [5, 5.41) is 21.2. The highest BCUT2D eigenvalue weighted by Crippen LogP contribution is 2.46. The van der Waals surface area contributed by atoms with E-state index in [9.17, 15) is 10.2 Å². The van der Waals surface area contributed by atoms with Gasteiger partial charge in [0.2, 0.25) is 0 Å². The number of halogens is 1. The summed E-state index contributed by atoms with van der Waals surface area (Å²) in [6.45, 7) is 1.86. The molecule has 0 bridgehead atoms. The zero-order valence-corrected chi connectivity index (χ0v) is 28.6. The lowest BCUT2D eigenvalue weighted by atomic mass is 9.88. The summed E-state index contributed by atoms with van der Waals surface area (Å²) >= 11 is 3.81. The van der Waals surface area contributed by atoms with E-state index >= 15 is 0 Å². The molecule has 46 heavy (non-hydrogen) atoms. The SMILES string of the molecule is COc1cc2c(cc1O)[C@H](Cc1ccc(Oc3cc(C[C@@H]4c5c(cc(OC)c(OC)c5Br)CCN4C)ccc3O)cc1)N(C)CC2. The zero-order valence-electron chi connectivity index (χ0n) is 27.0. The summed E-state index contributed by atoms with van der Waals surface area (Å²) in [6, 6.07) is 19.7. The van der Waals surface area contributed by atoms with Crippen LogP contribution in [-0.2, 0) is 25.7 Å². The lowest BCUT2D eigenvalue weighted by Gasteiger charge is -2.36. The molecule has 0 fully saturated rings. The van der Waals surface area contributed by atoms with Crippen LogP contribution < -0.4 is 18.9 Å². The monoisotopic (exact) mass is 688 g/mol. The third-order valence-corrected chi connectivity index (χ3v) is 10.2. The number of rotatable bonds is 9. The van der Waals surface area contributed by atoms with Crippen molar-refractivity contribution in [1.82, 2.24) is 9.80 Å². The van der Waals surface area contributed by atoms with Crippen molar-refractivity contribution in [3.8, 4) is 40.2 Å². The van der Waals surface area contributed by atoms with Gasteiger partial charge < -0.3 is 29.2 Å². The maximum atomic E-state index is 10.7. The molecule has 0 radical (unpaired) electrons. The number of hydrogen-bond donors (Lipinski definition) is 2. The van der Waals surface area contributed by atoms with E-state index in [1.54, 1.807) is 27.4 Å². The van der Waals surface area contributed by atoms with Gasteiger partial charge in [0, 0.05) is 25.2 Å². The van der Waals surface area contributed by atoms with Gasteiger partial charge in [-0.15, -0.1) is 0 Å². The van der Waals surface area contributed by atoms with Crippen molar-refractivity contribution < 1.29 is 29.2 Å². The number of ether oxygens (including phenoxy) is 4. The predicted octanol–water partition coefficient (Wildman–Crippen LogP) is 7.22. The van der Waals surface area contributed by atoms with Crippen molar-refractivity contribution in [2.45, 2.75) is 37.8 Å². The number of hydrogen-bond acceptors (Lipinski definition) is 8. The van der Waals surface area contributed by atoms with Crippen LogP contribution in [0.1, 0.15) is 45.5 Å². The summed E-state index contributed by atoms with van der Waals surface area (Å²) in [6.07, 6.45) is 3.35. The smallest absolute Gasteiger partial charge is 0.175 e. The Morgan fingerprint density at radius 1 is 0.696 bits per heavy atom. The first-order valence-corrected chi connectivity index (χ1v) is 16.3. The lowest BCUT2D eigenvalue weighted by Crippen LogP contribution is -2.34. The normalized spacial score (nSPS) is 18.0. The van der Waals surface area contributed by atoms with E-state index in [0.717, 1.165) is 65.7 Å². The van der Waals surface area contributed by atoms with Crippen LogP contribution in [0.15, 0.2) is 65.1 Å². The average molecular weight is 690 g/mol. The Kier molecular flexibility index (Phi) is 9.36. The Bertz CT molecular complexity index is 1730. The molecule has 0 aromatic heterocycles. The molecule has 0 saturated heterocycles. The third-order valence-electron chi connectivity index (χ3n) is 9.43. The topological polar surface area (TPSA) is 83.9 Å². The number of nitrogens with zero attached hydrogens (tertiary/aromatic N) is 2. The second-order valence-corrected chi connectivity index (χ2v) is 13.0. The molecule has 2 atom stereocenters. The second kappa shape index (κ2) is 13.4. The lowest BCUT2D eigenvalue weighted by molar-refractivity contribution is 0.226. The number of aromatic hydroxyl groups is 2. The van der Waals surface area contributed by atoms with Gasteiger partial charge in [-0.1, -0.05) is 18.2 Å². The largest absolute Gasteiger partial charge is 0.504 e. The summed E-state index contributed by atoms with van der Waals surface area (Å²) in [7, 11) is 9.16. The molecule has 9 heteroatoms. The standard InChI is InChI=1S/C37H41BrN2O6/c1-39-14-12-24-19-32(43-3)31(42)21-27(24)28(39)16-22-6-9-26(10-7-22)46-33-18-23(8-11-30(33)41)17-29-35-25(13-15-40(29)2)20-34(44-4)37(45-5)36(35)38/h6-11,18-21,28-29,41-42H,12-17H2,1-5H3/t28-,29+/m0/s1. The summed E-state index contributed by atoms with van der Waals surface area (Å²) in [5.74, 6) is 3.25. The van der Waals surface area contributed by atoms with Crippen LogP contribution in [0.5, 0.6) is 40.2 Å². The molecule has 4 aromatic carbocycles. The van der Waals surface area contributed by atoms with Crippen LogP contribution in [0.3, 0.4) is 0 Å². The summed E-state index contributed by atoms with van der Waals surface area (Å²) < 4.78 is 23.8. The fourth-order valence-corrected chi connectivity index (χ4v) is 7.70. The van der Waals surface area contributed by atoms with E-state index in [-0.39, 0.29) is 23.6 Å². The van der Waals surface area contributed by atoms with Crippen LogP contribution in [0.25, 0.3) is 0 Å². The van der Waals surface area contributed by atoms with Gasteiger partial charge in [0.05, 0.1) is 25.8 Å². The van der Waals surface area contributed by atoms with Crippen molar-refractivity contribution in [3.05, 3.63) is 98.5 Å². The van der Waals surface area contributed by atoms with E-state index in [4.69, 9.17) is 18.9 Å². The predicted molar refractivity (Wildman–Crippen MR) is 182 cm³/mol. The second-order valence-electron chi connectivity index (χ2n) is 12.2. The molecule has 2 aliphatic rings. The minimum absolute atomic E-state index is 0.0912. The van der Waals surface area contributed by atoms with Gasteiger partial charge in [0.15, 0.2) is 34.5 Å². The third kappa shape index (κ3) is 6.24. The van der Waals surface area contributed by atoms with Crippen molar-refractivity contribution in [2.75, 3.05) is 48.5 Å². The van der Waals surface area contributed by atoms with E-state index in [0.29, 0.717) is 23.0 Å². The number of methoxy groups -OCH3 is 3. The molecule has 0 amide bonds. The number of phenols is 2. The van der Waals surface area contributed by atoms with Crippen LogP contribution in [0.2, 0.25) is 0 Å². The van der Waals surface area contributed by atoms with Gasteiger partial charge in [-0.25, -0.2) is 0 Å². The highest BCUT2D eigenvalue weighted by Gasteiger charge is 2.31. The van der Waals surface area contributed by atoms with Gasteiger partial charge in [-0.3, -0.25) is 9.80 Å². The van der Waals surface area contributed by atoms with Gasteiger partial charge >= 0.3 is 0 Å². The molecule has 8 nitrogen and oxygen atoms in total. The van der Waals surface area contributed by atoms with Gasteiger partial charge in [0.1, 0.15) is 5.75 Å². The molecular formula is C37H41BrN2O6. The van der Waals surface area contributed by atoms with Crippen molar-refractivity contribution >= 4 is 15.9 Å². The van der Waals surface area contributed by atoms with Crippen LogP contribution in [0.4, 0.5) is 0 Å². The minimum atomic E-state index is 0.0912. The van der Waals surface area contributed by atoms with Crippen LogP contribution in [-0.4, -0.2) is 68.5 Å². The maximum Gasteiger partial charge on any atom is 0.175 e. The molecule has 242 valence electrons. The molecule has 0 aliphatic carbocycles. The van der Waals surface area contributed by atoms with E-state index < -0.39 is 0 Å². The highest BCUT2D eigenvalue weighted by atomic mass is 79.9. The average Bonchev–Trinajstić information content (AvgIpc) is 3.05. The summed E-state index contributed by atoms with van der Waals surface area (Å²) in [5.41, 5.74) is 6.98. The molecule has 0 saturated carbocycles. The molecule has 2 heterocycles. The van der Waals surface area contributed by atoms with E-state index in [2.05, 4.69) is 58.0 Å². The molecule has 6 rings (SSSR count). The van der Waals surface area contributed by atoms with Gasteiger partial charge in [0.25, 0.3) is 0 Å². The Morgan fingerprint density at radius 2 is 1.33 bits per heavy atom. The number of phenolic OH excluding ortho intramolecular Hbond substituents is 2. The molecule has 4 aromatic rings. The zero-order chi connectivity index (χ0) is 32.5. The first-order chi connectivity index (χ1) is 22.2. The highest BCUT2D eigenvalue weighted by molar-refractivity contribution is 9.10. The van der Waals surface area contributed by atoms with Crippen LogP contribution in [0, 0.1) is 0 Å². The summed E-state index contributed by atoms with van der Waals surface area (Å²) in [4.78, 5) is 4.68. The number of likely N-dealkylation sites (N-methyl/N-ethyl adjacent to an activating group) is 2. The molecule has 2 N–H and O–H groups in total. The van der Waals surface area contributed by atoms with Gasteiger partial charge in [-0.05, 0) is 132 Å². The van der Waals surface area contributed by atoms with Crippen molar-refractivity contribution in [3.63, 3.8) is 0 Å². The first kappa shape index (κ1) is 32.0. The van der Waals surface area contributed by atoms with Crippen molar-refractivity contribution in [2.24, 2.45) is 0 Å². The Balaban J connectivity index is 1.19.